The first-order valence-corrected chi connectivity index (χ1v) is 5.58. The lowest BCUT2D eigenvalue weighted by atomic mass is 10.0. The van der Waals surface area contributed by atoms with Gasteiger partial charge in [-0.2, -0.15) is 0 Å². The molecule has 0 spiro atoms. The summed E-state index contributed by atoms with van der Waals surface area (Å²) in [7, 11) is 1.84. The van der Waals surface area contributed by atoms with Crippen molar-refractivity contribution in [2.75, 3.05) is 12.4 Å². The second-order valence-electron chi connectivity index (χ2n) is 4.12. The Balaban J connectivity index is 2.60. The molecule has 0 unspecified atom stereocenters. The third kappa shape index (κ3) is 2.25. The summed E-state index contributed by atoms with van der Waals surface area (Å²) >= 11 is 0. The van der Waals surface area contributed by atoms with E-state index in [0.717, 1.165) is 17.1 Å². The maximum Gasteiger partial charge on any atom is 0.156 e. The largest absolute Gasteiger partial charge is 0.371 e. The first-order chi connectivity index (χ1) is 8.11. The van der Waals surface area contributed by atoms with Gasteiger partial charge in [-0.25, -0.2) is 4.98 Å². The van der Waals surface area contributed by atoms with E-state index in [1.165, 1.54) is 11.1 Å². The zero-order chi connectivity index (χ0) is 12.4. The molecule has 88 valence electrons. The van der Waals surface area contributed by atoms with Gasteiger partial charge in [-0.05, 0) is 26.3 Å². The molecule has 0 saturated heterocycles. The van der Waals surface area contributed by atoms with Crippen molar-refractivity contribution in [2.45, 2.75) is 20.8 Å². The highest BCUT2D eigenvalue weighted by atomic mass is 15.2. The van der Waals surface area contributed by atoms with E-state index in [1.807, 2.05) is 14.0 Å². The number of aromatic nitrogens is 3. The monoisotopic (exact) mass is 228 g/mol. The summed E-state index contributed by atoms with van der Waals surface area (Å²) in [6.07, 6.45) is 0. The predicted molar refractivity (Wildman–Crippen MR) is 69.0 cm³/mol. The van der Waals surface area contributed by atoms with Crippen molar-refractivity contribution in [3.05, 3.63) is 35.2 Å². The lowest BCUT2D eigenvalue weighted by molar-refractivity contribution is 0.915. The molecule has 0 aliphatic heterocycles. The fourth-order valence-corrected chi connectivity index (χ4v) is 1.84. The number of hydrogen-bond acceptors (Lipinski definition) is 4. The third-order valence-corrected chi connectivity index (χ3v) is 2.67. The Labute approximate surface area is 101 Å². The molecule has 0 radical (unpaired) electrons. The molecule has 0 aliphatic rings. The summed E-state index contributed by atoms with van der Waals surface area (Å²) in [6, 6.07) is 6.27. The quantitative estimate of drug-likeness (QED) is 0.858. The zero-order valence-corrected chi connectivity index (χ0v) is 10.6. The van der Waals surface area contributed by atoms with Crippen LogP contribution in [0.5, 0.6) is 0 Å². The third-order valence-electron chi connectivity index (χ3n) is 2.67. The number of anilines is 1. The maximum absolute atomic E-state index is 4.35. The van der Waals surface area contributed by atoms with Gasteiger partial charge in [0.1, 0.15) is 11.5 Å². The minimum atomic E-state index is 0.669. The highest BCUT2D eigenvalue weighted by Gasteiger charge is 2.11. The van der Waals surface area contributed by atoms with Gasteiger partial charge >= 0.3 is 0 Å². The topological polar surface area (TPSA) is 50.7 Å². The molecule has 0 fully saturated rings. The summed E-state index contributed by atoms with van der Waals surface area (Å²) in [6.45, 7) is 5.98. The van der Waals surface area contributed by atoms with E-state index in [2.05, 4.69) is 52.5 Å². The van der Waals surface area contributed by atoms with Crippen molar-refractivity contribution in [1.29, 1.82) is 0 Å². The molecule has 17 heavy (non-hydrogen) atoms. The smallest absolute Gasteiger partial charge is 0.156 e. The molecule has 1 aromatic carbocycles. The summed E-state index contributed by atoms with van der Waals surface area (Å²) in [5.41, 5.74) is 4.29. The van der Waals surface area contributed by atoms with Crippen molar-refractivity contribution in [1.82, 2.24) is 15.2 Å². The summed E-state index contributed by atoms with van der Waals surface area (Å²) in [5.74, 6) is 1.44. The van der Waals surface area contributed by atoms with Crippen LogP contribution in [0, 0.1) is 20.8 Å². The van der Waals surface area contributed by atoms with Crippen LogP contribution in [0.4, 0.5) is 5.82 Å². The predicted octanol–water partition coefficient (Wildman–Crippen LogP) is 2.51. The van der Waals surface area contributed by atoms with Crippen LogP contribution in [0.3, 0.4) is 0 Å². The Morgan fingerprint density at radius 1 is 1.06 bits per heavy atom. The fourth-order valence-electron chi connectivity index (χ4n) is 1.84. The van der Waals surface area contributed by atoms with Gasteiger partial charge in [0.25, 0.3) is 0 Å². The molecular formula is C13H16N4. The van der Waals surface area contributed by atoms with Gasteiger partial charge in [0, 0.05) is 12.6 Å². The summed E-state index contributed by atoms with van der Waals surface area (Å²) in [4.78, 5) is 4.35. The molecule has 2 rings (SSSR count). The molecule has 1 aromatic heterocycles. The SMILES string of the molecule is CNc1nc(C)nnc1-c1ccc(C)cc1C. The van der Waals surface area contributed by atoms with Crippen LogP contribution in [-0.4, -0.2) is 22.2 Å². The lowest BCUT2D eigenvalue weighted by Crippen LogP contribution is -2.03. The molecule has 4 nitrogen and oxygen atoms in total. The van der Waals surface area contributed by atoms with Gasteiger partial charge in [-0.3, -0.25) is 0 Å². The summed E-state index contributed by atoms with van der Waals surface area (Å²) in [5, 5.41) is 11.3. The van der Waals surface area contributed by atoms with Gasteiger partial charge in [0.05, 0.1) is 0 Å². The molecule has 0 saturated carbocycles. The van der Waals surface area contributed by atoms with Crippen LogP contribution in [0.1, 0.15) is 17.0 Å². The highest BCUT2D eigenvalue weighted by Crippen LogP contribution is 2.26. The van der Waals surface area contributed by atoms with Crippen molar-refractivity contribution in [2.24, 2.45) is 0 Å². The standard InChI is InChI=1S/C13H16N4/c1-8-5-6-11(9(2)7-8)12-13(14-4)15-10(3)16-17-12/h5-7H,1-4H3,(H,14,15,16). The van der Waals surface area contributed by atoms with E-state index in [4.69, 9.17) is 0 Å². The minimum Gasteiger partial charge on any atom is -0.371 e. The fraction of sp³-hybridized carbons (Fsp3) is 0.308. The van der Waals surface area contributed by atoms with Gasteiger partial charge < -0.3 is 5.32 Å². The maximum atomic E-state index is 4.35. The first-order valence-electron chi connectivity index (χ1n) is 5.58. The van der Waals surface area contributed by atoms with E-state index in [-0.39, 0.29) is 0 Å². The average molecular weight is 228 g/mol. The van der Waals surface area contributed by atoms with Crippen molar-refractivity contribution in [3.8, 4) is 11.3 Å². The molecule has 0 amide bonds. The van der Waals surface area contributed by atoms with E-state index in [1.54, 1.807) is 0 Å². The number of benzene rings is 1. The number of nitrogens with zero attached hydrogens (tertiary/aromatic N) is 3. The van der Waals surface area contributed by atoms with Gasteiger partial charge in [-0.1, -0.05) is 23.8 Å². The Hall–Kier alpha value is -1.97. The molecule has 0 aliphatic carbocycles. The summed E-state index contributed by atoms with van der Waals surface area (Å²) < 4.78 is 0. The second kappa shape index (κ2) is 4.49. The van der Waals surface area contributed by atoms with Crippen LogP contribution in [-0.2, 0) is 0 Å². The number of aryl methyl sites for hydroxylation is 3. The Bertz CT molecular complexity index is 549. The molecule has 0 bridgehead atoms. The first kappa shape index (κ1) is 11.5. The molecule has 4 heteroatoms. The van der Waals surface area contributed by atoms with Gasteiger partial charge in [-0.15, -0.1) is 10.2 Å². The Morgan fingerprint density at radius 3 is 2.47 bits per heavy atom. The minimum absolute atomic E-state index is 0.669. The van der Waals surface area contributed by atoms with Crippen LogP contribution in [0.15, 0.2) is 18.2 Å². The van der Waals surface area contributed by atoms with Crippen LogP contribution in [0.2, 0.25) is 0 Å². The normalized spacial score (nSPS) is 10.4. The molecule has 2 aromatic rings. The van der Waals surface area contributed by atoms with Crippen LogP contribution < -0.4 is 5.32 Å². The van der Waals surface area contributed by atoms with E-state index in [0.29, 0.717) is 5.82 Å². The Morgan fingerprint density at radius 2 is 1.82 bits per heavy atom. The van der Waals surface area contributed by atoms with Gasteiger partial charge in [0.15, 0.2) is 5.82 Å². The second-order valence-corrected chi connectivity index (χ2v) is 4.12. The zero-order valence-electron chi connectivity index (χ0n) is 10.6. The van der Waals surface area contributed by atoms with Crippen LogP contribution >= 0.6 is 0 Å². The average Bonchev–Trinajstić information content (AvgIpc) is 2.30. The molecule has 0 atom stereocenters. The van der Waals surface area contributed by atoms with Crippen molar-refractivity contribution in [3.63, 3.8) is 0 Å². The number of rotatable bonds is 2. The van der Waals surface area contributed by atoms with Crippen molar-refractivity contribution < 1.29 is 0 Å². The van der Waals surface area contributed by atoms with E-state index < -0.39 is 0 Å². The van der Waals surface area contributed by atoms with Crippen molar-refractivity contribution >= 4 is 5.82 Å². The number of nitrogens with one attached hydrogen (secondary N) is 1. The van der Waals surface area contributed by atoms with Gasteiger partial charge in [0.2, 0.25) is 0 Å². The van der Waals surface area contributed by atoms with E-state index >= 15 is 0 Å². The molecule has 1 heterocycles. The Kier molecular flexibility index (Phi) is 3.04. The lowest BCUT2D eigenvalue weighted by Gasteiger charge is -2.10. The molecule has 1 N–H and O–H groups in total. The van der Waals surface area contributed by atoms with E-state index in [9.17, 15) is 0 Å². The number of hydrogen-bond donors (Lipinski definition) is 1. The van der Waals surface area contributed by atoms with Crippen LogP contribution in [0.25, 0.3) is 11.3 Å². The highest BCUT2D eigenvalue weighted by molar-refractivity contribution is 5.73. The molecular weight excluding hydrogens is 212 g/mol.